The van der Waals surface area contributed by atoms with Gasteiger partial charge in [-0.1, -0.05) is 6.92 Å². The summed E-state index contributed by atoms with van der Waals surface area (Å²) in [5, 5.41) is 4.21. The van der Waals surface area contributed by atoms with Crippen molar-refractivity contribution >= 4 is 27.3 Å². The molecule has 0 radical (unpaired) electrons. The molecule has 1 saturated heterocycles. The zero-order valence-corrected chi connectivity index (χ0v) is 20.5. The summed E-state index contributed by atoms with van der Waals surface area (Å²) in [5.74, 6) is -0.427. The lowest BCUT2D eigenvalue weighted by molar-refractivity contribution is 0.0981. The van der Waals surface area contributed by atoms with Gasteiger partial charge in [0.1, 0.15) is 11.6 Å². The first-order valence-corrected chi connectivity index (χ1v) is 13.2. The van der Waals surface area contributed by atoms with Gasteiger partial charge in [-0.25, -0.2) is 13.6 Å². The number of nitrogens with zero attached hydrogens (tertiary/aromatic N) is 4. The van der Waals surface area contributed by atoms with Gasteiger partial charge in [0.05, 0.1) is 29.9 Å². The third-order valence-electron chi connectivity index (χ3n) is 6.81. The summed E-state index contributed by atoms with van der Waals surface area (Å²) >= 11 is 0. The molecule has 3 aromatic rings. The number of anilines is 1. The Labute approximate surface area is 203 Å². The lowest BCUT2D eigenvalue weighted by Crippen LogP contribution is -2.41. The Morgan fingerprint density at radius 1 is 1.31 bits per heavy atom. The van der Waals surface area contributed by atoms with Crippen molar-refractivity contribution in [3.05, 3.63) is 59.2 Å². The number of carbonyl (C=O) groups is 1. The minimum Gasteiger partial charge on any atom is -0.493 e. The molecule has 1 N–H and O–H groups in total. The predicted octanol–water partition coefficient (Wildman–Crippen LogP) is 3.07. The molecule has 4 heterocycles. The Bertz CT molecular complexity index is 1390. The number of pyridine rings is 1. The van der Waals surface area contributed by atoms with Crippen LogP contribution in [0.5, 0.6) is 5.75 Å². The van der Waals surface area contributed by atoms with Gasteiger partial charge in [-0.05, 0) is 55.0 Å². The van der Waals surface area contributed by atoms with Gasteiger partial charge in [-0.15, -0.1) is 0 Å². The maximum Gasteiger partial charge on any atom is 0.303 e. The number of carbonyl (C=O) groups excluding carboxylic acids is 1. The third kappa shape index (κ3) is 4.34. The van der Waals surface area contributed by atoms with Gasteiger partial charge in [0.15, 0.2) is 0 Å². The van der Waals surface area contributed by atoms with E-state index >= 15 is 0 Å². The number of rotatable bonds is 6. The van der Waals surface area contributed by atoms with Crippen molar-refractivity contribution in [2.45, 2.75) is 38.6 Å². The fraction of sp³-hybridized carbons (Fsp3) is 0.417. The molecule has 1 aromatic carbocycles. The van der Waals surface area contributed by atoms with Crippen molar-refractivity contribution in [1.82, 2.24) is 18.6 Å². The lowest BCUT2D eigenvalue weighted by Gasteiger charge is -2.31. The van der Waals surface area contributed by atoms with E-state index in [9.17, 15) is 17.6 Å². The quantitative estimate of drug-likeness (QED) is 0.558. The first-order valence-electron chi connectivity index (χ1n) is 11.8. The molecule has 1 fully saturated rings. The van der Waals surface area contributed by atoms with Crippen molar-refractivity contribution < 1.29 is 22.3 Å². The second kappa shape index (κ2) is 9.12. The third-order valence-corrected chi connectivity index (χ3v) is 8.33. The van der Waals surface area contributed by atoms with Gasteiger partial charge < -0.3 is 9.64 Å². The van der Waals surface area contributed by atoms with Gasteiger partial charge >= 0.3 is 10.2 Å². The van der Waals surface area contributed by atoms with Crippen LogP contribution in [0.3, 0.4) is 0 Å². The molecule has 9 nitrogen and oxygen atoms in total. The van der Waals surface area contributed by atoms with E-state index in [0.717, 1.165) is 53.3 Å². The molecule has 2 aliphatic rings. The van der Waals surface area contributed by atoms with E-state index in [-0.39, 0.29) is 24.0 Å². The van der Waals surface area contributed by atoms with Crippen molar-refractivity contribution in [2.75, 3.05) is 31.6 Å². The zero-order chi connectivity index (χ0) is 24.7. The second-order valence-corrected chi connectivity index (χ2v) is 10.7. The lowest BCUT2D eigenvalue weighted by atomic mass is 9.93. The molecule has 2 aromatic heterocycles. The number of nitrogens with one attached hydrogen (secondary N) is 1. The van der Waals surface area contributed by atoms with E-state index in [1.54, 1.807) is 19.2 Å². The molecule has 0 aliphatic carbocycles. The number of ether oxygens (including phenoxy) is 1. The van der Waals surface area contributed by atoms with Crippen LogP contribution in [0.4, 0.5) is 10.1 Å². The molecule has 5 rings (SSSR count). The number of halogens is 1. The van der Waals surface area contributed by atoms with Crippen LogP contribution >= 0.6 is 0 Å². The van der Waals surface area contributed by atoms with Crippen LogP contribution < -0.4 is 14.4 Å². The standard InChI is InChI=1S/C24H28FN5O4S/c1-3-28(2)35(32,33)27-24(31)20-15-26-30-10-8-17(14-22(20)30)29-9-4-7-21(29)19-12-16(25)13-23-18(19)6-5-11-34-23/h8,10,12-15,21H,3-7,9,11H2,1-2H3,(H,27,31)/t21-/m1/s1. The molecule has 0 unspecified atom stereocenters. The summed E-state index contributed by atoms with van der Waals surface area (Å²) in [6.07, 6.45) is 6.66. The Hall–Kier alpha value is -3.18. The number of benzene rings is 1. The molecule has 0 spiro atoms. The molecule has 35 heavy (non-hydrogen) atoms. The molecular formula is C24H28FN5O4S. The highest BCUT2D eigenvalue weighted by Crippen LogP contribution is 2.42. The van der Waals surface area contributed by atoms with Crippen molar-refractivity contribution in [3.8, 4) is 5.75 Å². The Kier molecular flexibility index (Phi) is 6.14. The molecular weight excluding hydrogens is 473 g/mol. The first-order chi connectivity index (χ1) is 16.8. The fourth-order valence-electron chi connectivity index (χ4n) is 4.90. The van der Waals surface area contributed by atoms with E-state index in [1.165, 1.54) is 23.8 Å². The minimum absolute atomic E-state index is 0.0256. The molecule has 0 bridgehead atoms. The smallest absolute Gasteiger partial charge is 0.303 e. The minimum atomic E-state index is -3.95. The predicted molar refractivity (Wildman–Crippen MR) is 129 cm³/mol. The van der Waals surface area contributed by atoms with E-state index in [2.05, 4.69) is 14.7 Å². The first kappa shape index (κ1) is 23.6. The van der Waals surface area contributed by atoms with Crippen LogP contribution in [-0.4, -0.2) is 55.0 Å². The second-order valence-electron chi connectivity index (χ2n) is 8.90. The average molecular weight is 502 g/mol. The van der Waals surface area contributed by atoms with Gasteiger partial charge in [0, 0.05) is 38.1 Å². The number of hydrogen-bond donors (Lipinski definition) is 1. The number of aromatic nitrogens is 2. The van der Waals surface area contributed by atoms with Gasteiger partial charge in [-0.2, -0.15) is 17.8 Å². The van der Waals surface area contributed by atoms with Crippen LogP contribution in [0.1, 0.15) is 53.7 Å². The highest BCUT2D eigenvalue weighted by Gasteiger charge is 2.31. The Morgan fingerprint density at radius 3 is 2.94 bits per heavy atom. The summed E-state index contributed by atoms with van der Waals surface area (Å²) < 4.78 is 49.6. The Morgan fingerprint density at radius 2 is 2.14 bits per heavy atom. The highest BCUT2D eigenvalue weighted by atomic mass is 32.2. The maximum atomic E-state index is 14.5. The van der Waals surface area contributed by atoms with Crippen molar-refractivity contribution in [3.63, 3.8) is 0 Å². The average Bonchev–Trinajstić information content (AvgIpc) is 3.49. The maximum absolute atomic E-state index is 14.5. The van der Waals surface area contributed by atoms with Gasteiger partial charge in [-0.3, -0.25) is 4.79 Å². The summed E-state index contributed by atoms with van der Waals surface area (Å²) in [6, 6.07) is 6.79. The normalized spacial score (nSPS) is 18.1. The van der Waals surface area contributed by atoms with Crippen LogP contribution in [0.2, 0.25) is 0 Å². The van der Waals surface area contributed by atoms with E-state index in [1.807, 2.05) is 12.1 Å². The highest BCUT2D eigenvalue weighted by molar-refractivity contribution is 7.87. The SMILES string of the molecule is CCN(C)S(=O)(=O)NC(=O)c1cnn2ccc(N3CCC[C@@H]3c3cc(F)cc4c3CCCO4)cc12. The summed E-state index contributed by atoms with van der Waals surface area (Å²) in [7, 11) is -2.55. The fourth-order valence-corrected chi connectivity index (χ4v) is 5.74. The van der Waals surface area contributed by atoms with Crippen molar-refractivity contribution in [2.24, 2.45) is 0 Å². The Balaban J connectivity index is 1.49. The molecule has 0 saturated carbocycles. The monoisotopic (exact) mass is 501 g/mol. The number of hydrogen-bond acceptors (Lipinski definition) is 6. The van der Waals surface area contributed by atoms with Crippen LogP contribution in [0.15, 0.2) is 36.7 Å². The van der Waals surface area contributed by atoms with Gasteiger partial charge in [0.25, 0.3) is 5.91 Å². The summed E-state index contributed by atoms with van der Waals surface area (Å²) in [5.41, 5.74) is 3.51. The molecule has 2 aliphatic heterocycles. The van der Waals surface area contributed by atoms with Crippen molar-refractivity contribution in [1.29, 1.82) is 0 Å². The summed E-state index contributed by atoms with van der Waals surface area (Å²) in [4.78, 5) is 15.0. The van der Waals surface area contributed by atoms with E-state index < -0.39 is 16.1 Å². The zero-order valence-electron chi connectivity index (χ0n) is 19.7. The topological polar surface area (TPSA) is 96.2 Å². The van der Waals surface area contributed by atoms with Crippen LogP contribution in [0.25, 0.3) is 5.52 Å². The molecule has 186 valence electrons. The largest absolute Gasteiger partial charge is 0.493 e. The van der Waals surface area contributed by atoms with Crippen LogP contribution in [-0.2, 0) is 16.6 Å². The number of amides is 1. The van der Waals surface area contributed by atoms with E-state index in [0.29, 0.717) is 17.9 Å². The van der Waals surface area contributed by atoms with E-state index in [4.69, 9.17) is 4.74 Å². The van der Waals surface area contributed by atoms with Crippen LogP contribution in [0, 0.1) is 5.82 Å². The summed E-state index contributed by atoms with van der Waals surface area (Å²) in [6.45, 7) is 3.28. The van der Waals surface area contributed by atoms with Gasteiger partial charge in [0.2, 0.25) is 0 Å². The molecule has 11 heteroatoms. The molecule has 1 amide bonds. The number of fused-ring (bicyclic) bond motifs is 2. The molecule has 1 atom stereocenters.